The zero-order chi connectivity index (χ0) is 16.7. The third-order valence-corrected chi connectivity index (χ3v) is 6.29. The molecule has 1 amide bonds. The van der Waals surface area contributed by atoms with Gasteiger partial charge in [0.25, 0.3) is 0 Å². The van der Waals surface area contributed by atoms with Crippen LogP contribution in [0.3, 0.4) is 0 Å². The Kier molecular flexibility index (Phi) is 4.11. The normalized spacial score (nSPS) is 33.5. The molecule has 0 radical (unpaired) electrons. The summed E-state index contributed by atoms with van der Waals surface area (Å²) in [6.45, 7) is 4.74. The molecule has 132 valence electrons. The van der Waals surface area contributed by atoms with Gasteiger partial charge in [0.15, 0.2) is 0 Å². The van der Waals surface area contributed by atoms with Crippen LogP contribution in [0.5, 0.6) is 0 Å². The zero-order valence-corrected chi connectivity index (χ0v) is 14.7. The molecule has 1 aromatic heterocycles. The molecular formula is C18H29N5O. The van der Waals surface area contributed by atoms with E-state index < -0.39 is 0 Å². The van der Waals surface area contributed by atoms with Crippen LogP contribution in [-0.4, -0.2) is 44.2 Å². The van der Waals surface area contributed by atoms with Crippen molar-refractivity contribution in [2.75, 3.05) is 13.1 Å². The van der Waals surface area contributed by atoms with Gasteiger partial charge in [-0.25, -0.2) is 0 Å². The van der Waals surface area contributed by atoms with Crippen LogP contribution >= 0.6 is 0 Å². The van der Waals surface area contributed by atoms with Gasteiger partial charge in [0.05, 0.1) is 5.92 Å². The standard InChI is InChI=1S/C18H29N5O/c1-18(19)9-3-2-7-14(18)17(24)22-10-4-6-13(12-22)16-21-20-15-8-5-11-23(15)16/h13-14H,2-12,19H2,1H3. The van der Waals surface area contributed by atoms with Crippen LogP contribution in [0, 0.1) is 5.92 Å². The van der Waals surface area contributed by atoms with Crippen LogP contribution in [0.4, 0.5) is 0 Å². The molecule has 1 saturated carbocycles. The number of piperidine rings is 1. The molecule has 3 atom stereocenters. The Morgan fingerprint density at radius 2 is 2.04 bits per heavy atom. The highest BCUT2D eigenvalue weighted by molar-refractivity contribution is 5.80. The Morgan fingerprint density at radius 1 is 1.17 bits per heavy atom. The number of hydrogen-bond acceptors (Lipinski definition) is 4. The van der Waals surface area contributed by atoms with Crippen molar-refractivity contribution in [1.82, 2.24) is 19.7 Å². The Morgan fingerprint density at radius 3 is 2.88 bits per heavy atom. The molecule has 24 heavy (non-hydrogen) atoms. The number of amides is 1. The van der Waals surface area contributed by atoms with Crippen LogP contribution in [0.1, 0.15) is 69.4 Å². The predicted molar refractivity (Wildman–Crippen MR) is 91.4 cm³/mol. The second-order valence-electron chi connectivity index (χ2n) is 8.16. The lowest BCUT2D eigenvalue weighted by molar-refractivity contribution is -0.140. The molecule has 3 unspecified atom stereocenters. The molecule has 6 nitrogen and oxygen atoms in total. The summed E-state index contributed by atoms with van der Waals surface area (Å²) in [4.78, 5) is 15.2. The van der Waals surface area contributed by atoms with Crippen molar-refractivity contribution in [2.45, 2.75) is 76.3 Å². The lowest BCUT2D eigenvalue weighted by Gasteiger charge is -2.42. The summed E-state index contributed by atoms with van der Waals surface area (Å²) in [7, 11) is 0. The van der Waals surface area contributed by atoms with Crippen LogP contribution in [-0.2, 0) is 17.8 Å². The number of aromatic nitrogens is 3. The van der Waals surface area contributed by atoms with E-state index in [4.69, 9.17) is 5.73 Å². The fourth-order valence-electron chi connectivity index (χ4n) is 4.85. The van der Waals surface area contributed by atoms with Crippen molar-refractivity contribution in [3.8, 4) is 0 Å². The number of fused-ring (bicyclic) bond motifs is 1. The lowest BCUT2D eigenvalue weighted by Crippen LogP contribution is -2.55. The fourth-order valence-corrected chi connectivity index (χ4v) is 4.85. The average molecular weight is 331 g/mol. The summed E-state index contributed by atoms with van der Waals surface area (Å²) in [6.07, 6.45) is 8.52. The van der Waals surface area contributed by atoms with Crippen molar-refractivity contribution < 1.29 is 4.79 Å². The molecule has 6 heteroatoms. The van der Waals surface area contributed by atoms with Gasteiger partial charge in [0.1, 0.15) is 11.6 Å². The van der Waals surface area contributed by atoms with Crippen LogP contribution < -0.4 is 5.73 Å². The first kappa shape index (κ1) is 16.1. The van der Waals surface area contributed by atoms with Crippen LogP contribution in [0.25, 0.3) is 0 Å². The first-order valence-electron chi connectivity index (χ1n) is 9.56. The largest absolute Gasteiger partial charge is 0.342 e. The maximum absolute atomic E-state index is 13.1. The SMILES string of the molecule is CC1(N)CCCCC1C(=O)N1CCCC(c2nnc3n2CCC3)C1. The maximum atomic E-state index is 13.1. The summed E-state index contributed by atoms with van der Waals surface area (Å²) < 4.78 is 2.28. The van der Waals surface area contributed by atoms with E-state index in [9.17, 15) is 4.79 Å². The number of aryl methyl sites for hydroxylation is 1. The van der Waals surface area contributed by atoms with Gasteiger partial charge in [-0.1, -0.05) is 12.8 Å². The van der Waals surface area contributed by atoms with E-state index in [1.807, 2.05) is 0 Å². The first-order valence-corrected chi connectivity index (χ1v) is 9.56. The van der Waals surface area contributed by atoms with Crippen molar-refractivity contribution >= 4 is 5.91 Å². The summed E-state index contributed by atoms with van der Waals surface area (Å²) >= 11 is 0. The predicted octanol–water partition coefficient (Wildman–Crippen LogP) is 1.84. The van der Waals surface area contributed by atoms with Gasteiger partial charge in [-0.15, -0.1) is 10.2 Å². The topological polar surface area (TPSA) is 77.0 Å². The van der Waals surface area contributed by atoms with Crippen LogP contribution in [0.2, 0.25) is 0 Å². The minimum absolute atomic E-state index is 0.0193. The number of nitrogens with two attached hydrogens (primary N) is 1. The van der Waals surface area contributed by atoms with Gasteiger partial charge in [-0.3, -0.25) is 4.79 Å². The highest BCUT2D eigenvalue weighted by atomic mass is 16.2. The summed E-state index contributed by atoms with van der Waals surface area (Å²) in [6, 6.07) is 0. The monoisotopic (exact) mass is 331 g/mol. The fraction of sp³-hybridized carbons (Fsp3) is 0.833. The van der Waals surface area contributed by atoms with E-state index in [0.29, 0.717) is 5.92 Å². The third-order valence-electron chi connectivity index (χ3n) is 6.29. The molecule has 3 heterocycles. The van der Waals surface area contributed by atoms with Gasteiger partial charge in [0, 0.05) is 37.5 Å². The Balaban J connectivity index is 1.49. The Hall–Kier alpha value is -1.43. The maximum Gasteiger partial charge on any atom is 0.227 e. The van der Waals surface area contributed by atoms with E-state index in [0.717, 1.165) is 76.2 Å². The number of nitrogens with zero attached hydrogens (tertiary/aromatic N) is 4. The smallest absolute Gasteiger partial charge is 0.227 e. The van der Waals surface area contributed by atoms with Gasteiger partial charge in [0.2, 0.25) is 5.91 Å². The van der Waals surface area contributed by atoms with Gasteiger partial charge in [-0.2, -0.15) is 0 Å². The molecule has 2 aliphatic heterocycles. The summed E-state index contributed by atoms with van der Waals surface area (Å²) in [5, 5.41) is 8.79. The lowest BCUT2D eigenvalue weighted by atomic mass is 9.73. The summed E-state index contributed by atoms with van der Waals surface area (Å²) in [5.41, 5.74) is 6.11. The number of carbonyl (C=O) groups excluding carboxylic acids is 1. The van der Waals surface area contributed by atoms with Crippen LogP contribution in [0.15, 0.2) is 0 Å². The zero-order valence-electron chi connectivity index (χ0n) is 14.7. The van der Waals surface area contributed by atoms with Crippen molar-refractivity contribution in [2.24, 2.45) is 11.7 Å². The molecule has 1 aliphatic carbocycles. The highest BCUT2D eigenvalue weighted by Gasteiger charge is 2.41. The molecule has 0 spiro atoms. The molecule has 4 rings (SSSR count). The van der Waals surface area contributed by atoms with Crippen molar-refractivity contribution in [1.29, 1.82) is 0 Å². The molecule has 2 N–H and O–H groups in total. The highest BCUT2D eigenvalue weighted by Crippen LogP contribution is 2.35. The van der Waals surface area contributed by atoms with E-state index >= 15 is 0 Å². The number of likely N-dealkylation sites (tertiary alicyclic amines) is 1. The second-order valence-corrected chi connectivity index (χ2v) is 8.16. The van der Waals surface area contributed by atoms with Crippen molar-refractivity contribution in [3.05, 3.63) is 11.6 Å². The van der Waals surface area contributed by atoms with Crippen molar-refractivity contribution in [3.63, 3.8) is 0 Å². The average Bonchev–Trinajstić information content (AvgIpc) is 3.17. The van der Waals surface area contributed by atoms with Gasteiger partial charge >= 0.3 is 0 Å². The molecule has 1 aromatic rings. The number of rotatable bonds is 2. The minimum atomic E-state index is -0.349. The Labute approximate surface area is 143 Å². The number of carbonyl (C=O) groups is 1. The molecule has 0 aromatic carbocycles. The molecule has 2 fully saturated rings. The minimum Gasteiger partial charge on any atom is -0.342 e. The molecule has 3 aliphatic rings. The Bertz CT molecular complexity index is 623. The second kappa shape index (κ2) is 6.14. The van der Waals surface area contributed by atoms with E-state index in [1.165, 1.54) is 6.42 Å². The van der Waals surface area contributed by atoms with E-state index in [2.05, 4.69) is 26.6 Å². The van der Waals surface area contributed by atoms with E-state index in [-0.39, 0.29) is 17.4 Å². The summed E-state index contributed by atoms with van der Waals surface area (Å²) in [5.74, 6) is 2.80. The third kappa shape index (κ3) is 2.75. The van der Waals surface area contributed by atoms with Gasteiger partial charge in [-0.05, 0) is 39.0 Å². The molecule has 1 saturated heterocycles. The number of hydrogen-bond donors (Lipinski definition) is 1. The first-order chi connectivity index (χ1) is 11.6. The van der Waals surface area contributed by atoms with E-state index in [1.54, 1.807) is 0 Å². The molecular weight excluding hydrogens is 302 g/mol. The quantitative estimate of drug-likeness (QED) is 0.897. The molecule has 0 bridgehead atoms. The van der Waals surface area contributed by atoms with Gasteiger partial charge < -0.3 is 15.2 Å².